The lowest BCUT2D eigenvalue weighted by Gasteiger charge is -2.02. The molecule has 104 valence electrons. The molecule has 0 fully saturated rings. The van der Waals surface area contributed by atoms with Crippen molar-refractivity contribution < 1.29 is 9.90 Å². The van der Waals surface area contributed by atoms with Crippen molar-refractivity contribution in [3.8, 4) is 11.8 Å². The van der Waals surface area contributed by atoms with E-state index in [0.29, 0.717) is 17.0 Å². The minimum Gasteiger partial charge on any atom is -0.384 e. The third-order valence-corrected chi connectivity index (χ3v) is 4.66. The smallest absolute Gasteiger partial charge is 0.262 e. The summed E-state index contributed by atoms with van der Waals surface area (Å²) in [5.41, 5.74) is 0.653. The van der Waals surface area contributed by atoms with Crippen molar-refractivity contribution in [1.82, 2.24) is 5.32 Å². The van der Waals surface area contributed by atoms with Gasteiger partial charge in [-0.25, -0.2) is 0 Å². The minimum absolute atomic E-state index is 0.134. The fourth-order valence-electron chi connectivity index (χ4n) is 1.58. The van der Waals surface area contributed by atoms with Gasteiger partial charge in [0.05, 0.1) is 4.34 Å². The summed E-state index contributed by atoms with van der Waals surface area (Å²) in [6, 6.07) is 5.59. The van der Waals surface area contributed by atoms with Crippen LogP contribution in [0.25, 0.3) is 0 Å². The zero-order valence-electron chi connectivity index (χ0n) is 10.5. The quantitative estimate of drug-likeness (QED) is 0.849. The van der Waals surface area contributed by atoms with Crippen LogP contribution in [0.4, 0.5) is 0 Å². The van der Waals surface area contributed by atoms with Crippen molar-refractivity contribution >= 4 is 40.2 Å². The Morgan fingerprint density at radius 2 is 2.25 bits per heavy atom. The Bertz CT molecular complexity index is 651. The second-order valence-electron chi connectivity index (χ2n) is 3.84. The molecule has 0 aliphatic carbocycles. The van der Waals surface area contributed by atoms with Crippen molar-refractivity contribution in [2.75, 3.05) is 13.2 Å². The highest BCUT2D eigenvalue weighted by Crippen LogP contribution is 2.21. The van der Waals surface area contributed by atoms with E-state index < -0.39 is 0 Å². The number of thiophene rings is 2. The Kier molecular flexibility index (Phi) is 5.62. The van der Waals surface area contributed by atoms with Crippen molar-refractivity contribution in [2.45, 2.75) is 6.42 Å². The van der Waals surface area contributed by atoms with Gasteiger partial charge in [0, 0.05) is 17.0 Å². The van der Waals surface area contributed by atoms with Crippen molar-refractivity contribution in [2.24, 2.45) is 0 Å². The zero-order valence-corrected chi connectivity index (χ0v) is 12.9. The third kappa shape index (κ3) is 4.09. The first-order valence-corrected chi connectivity index (χ1v) is 7.97. The molecule has 0 atom stereocenters. The number of rotatable bonds is 4. The van der Waals surface area contributed by atoms with Crippen LogP contribution in [0.1, 0.15) is 20.1 Å². The number of hydrogen-bond acceptors (Lipinski definition) is 4. The van der Waals surface area contributed by atoms with Gasteiger partial charge in [0.2, 0.25) is 0 Å². The molecule has 3 nitrogen and oxygen atoms in total. The summed E-state index contributed by atoms with van der Waals surface area (Å²) < 4.78 is 0.756. The van der Waals surface area contributed by atoms with Crippen LogP contribution in [-0.4, -0.2) is 24.2 Å². The van der Waals surface area contributed by atoms with Crippen LogP contribution >= 0.6 is 34.3 Å². The van der Waals surface area contributed by atoms with Crippen LogP contribution in [0.5, 0.6) is 0 Å². The topological polar surface area (TPSA) is 49.3 Å². The predicted octanol–water partition coefficient (Wildman–Crippen LogP) is 2.78. The Hall–Kier alpha value is -1.32. The summed E-state index contributed by atoms with van der Waals surface area (Å²) in [6.45, 7) is 0.344. The Labute approximate surface area is 130 Å². The Balaban J connectivity index is 1.90. The largest absolute Gasteiger partial charge is 0.384 e. The van der Waals surface area contributed by atoms with Crippen molar-refractivity contribution in [1.29, 1.82) is 0 Å². The van der Waals surface area contributed by atoms with Crippen molar-refractivity contribution in [3.05, 3.63) is 43.2 Å². The fourth-order valence-corrected chi connectivity index (χ4v) is 3.44. The highest BCUT2D eigenvalue weighted by molar-refractivity contribution is 7.16. The van der Waals surface area contributed by atoms with Gasteiger partial charge in [-0.15, -0.1) is 22.7 Å². The van der Waals surface area contributed by atoms with Gasteiger partial charge in [0.15, 0.2) is 0 Å². The molecule has 2 rings (SSSR count). The monoisotopic (exact) mass is 325 g/mol. The molecule has 0 aromatic carbocycles. The van der Waals surface area contributed by atoms with E-state index >= 15 is 0 Å². The number of aliphatic hydroxyl groups excluding tert-OH is 1. The average molecular weight is 326 g/mol. The Morgan fingerprint density at radius 1 is 1.40 bits per heavy atom. The minimum atomic E-state index is -0.212. The molecule has 2 N–H and O–H groups in total. The van der Waals surface area contributed by atoms with Gasteiger partial charge in [0.25, 0.3) is 5.91 Å². The van der Waals surface area contributed by atoms with E-state index in [1.165, 1.54) is 22.7 Å². The molecular weight excluding hydrogens is 314 g/mol. The van der Waals surface area contributed by atoms with Crippen LogP contribution in [0.2, 0.25) is 4.34 Å². The lowest BCUT2D eigenvalue weighted by molar-refractivity contribution is 0.0958. The summed E-state index contributed by atoms with van der Waals surface area (Å²) in [4.78, 5) is 13.8. The lowest BCUT2D eigenvalue weighted by Crippen LogP contribution is -2.25. The molecule has 0 radical (unpaired) electrons. The van der Waals surface area contributed by atoms with Crippen LogP contribution in [0, 0.1) is 11.8 Å². The molecule has 0 unspecified atom stereocenters. The molecule has 0 bridgehead atoms. The molecule has 2 aromatic heterocycles. The maximum atomic E-state index is 12.0. The van der Waals surface area contributed by atoms with E-state index in [1.807, 2.05) is 17.5 Å². The molecule has 0 aliphatic heterocycles. The summed E-state index contributed by atoms with van der Waals surface area (Å²) >= 11 is 8.71. The van der Waals surface area contributed by atoms with Crippen LogP contribution in [-0.2, 0) is 6.42 Å². The van der Waals surface area contributed by atoms with Gasteiger partial charge >= 0.3 is 0 Å². The normalized spacial score (nSPS) is 9.90. The predicted molar refractivity (Wildman–Crippen MR) is 83.6 cm³/mol. The SMILES string of the molecule is O=C(NCCc1ccc(Cl)s1)c1sccc1C#CCO. The van der Waals surface area contributed by atoms with E-state index in [9.17, 15) is 4.79 Å². The second kappa shape index (κ2) is 7.46. The number of nitrogens with one attached hydrogen (secondary N) is 1. The summed E-state index contributed by atoms with van der Waals surface area (Å²) in [6.07, 6.45) is 0.756. The maximum Gasteiger partial charge on any atom is 0.262 e. The van der Waals surface area contributed by atoms with E-state index in [2.05, 4.69) is 17.2 Å². The first-order chi connectivity index (χ1) is 9.70. The summed E-state index contributed by atoms with van der Waals surface area (Å²) in [7, 11) is 0. The zero-order chi connectivity index (χ0) is 14.4. The summed E-state index contributed by atoms with van der Waals surface area (Å²) in [5.74, 6) is 5.18. The first-order valence-electron chi connectivity index (χ1n) is 5.90. The molecule has 6 heteroatoms. The van der Waals surface area contributed by atoms with Gasteiger partial charge in [0.1, 0.15) is 11.5 Å². The van der Waals surface area contributed by atoms with Crippen LogP contribution < -0.4 is 5.32 Å². The summed E-state index contributed by atoms with van der Waals surface area (Å²) in [5, 5.41) is 13.4. The molecule has 0 saturated carbocycles. The molecule has 2 aromatic rings. The highest BCUT2D eigenvalue weighted by atomic mass is 35.5. The standard InChI is InChI=1S/C14H12ClNO2S2/c15-12-4-3-11(20-12)5-7-16-14(18)13-10(2-1-8-17)6-9-19-13/h3-4,6,9,17H,5,7-8H2,(H,16,18). The lowest BCUT2D eigenvalue weighted by atomic mass is 10.2. The van der Waals surface area contributed by atoms with E-state index in [0.717, 1.165) is 15.6 Å². The molecule has 0 spiro atoms. The maximum absolute atomic E-state index is 12.0. The molecular formula is C14H12ClNO2S2. The van der Waals surface area contributed by atoms with Gasteiger partial charge < -0.3 is 10.4 Å². The number of carbonyl (C=O) groups is 1. The number of hydrogen-bond donors (Lipinski definition) is 2. The van der Waals surface area contributed by atoms with Gasteiger partial charge in [-0.2, -0.15) is 0 Å². The van der Waals surface area contributed by atoms with E-state index in [1.54, 1.807) is 6.07 Å². The second-order valence-corrected chi connectivity index (χ2v) is 6.55. The Morgan fingerprint density at radius 3 is 2.95 bits per heavy atom. The van der Waals surface area contributed by atoms with Crippen LogP contribution in [0.3, 0.4) is 0 Å². The highest BCUT2D eigenvalue weighted by Gasteiger charge is 2.11. The number of carbonyl (C=O) groups excluding carboxylic acids is 1. The first kappa shape index (κ1) is 15.1. The van der Waals surface area contributed by atoms with E-state index in [-0.39, 0.29) is 12.5 Å². The van der Waals surface area contributed by atoms with Crippen molar-refractivity contribution in [3.63, 3.8) is 0 Å². The van der Waals surface area contributed by atoms with E-state index in [4.69, 9.17) is 16.7 Å². The van der Waals surface area contributed by atoms with Gasteiger partial charge in [-0.05, 0) is 30.0 Å². The molecule has 0 saturated heterocycles. The third-order valence-electron chi connectivity index (χ3n) is 2.46. The molecule has 0 aliphatic rings. The fraction of sp³-hybridized carbons (Fsp3) is 0.214. The number of aliphatic hydroxyl groups is 1. The van der Waals surface area contributed by atoms with Gasteiger partial charge in [-0.3, -0.25) is 4.79 Å². The number of halogens is 1. The molecule has 2 heterocycles. The number of amides is 1. The van der Waals surface area contributed by atoms with Gasteiger partial charge in [-0.1, -0.05) is 23.4 Å². The van der Waals surface area contributed by atoms with Crippen LogP contribution in [0.15, 0.2) is 23.6 Å². The molecule has 1 amide bonds. The molecule has 20 heavy (non-hydrogen) atoms. The average Bonchev–Trinajstić information content (AvgIpc) is 3.05.